The van der Waals surface area contributed by atoms with E-state index < -0.39 is 11.6 Å². The van der Waals surface area contributed by atoms with Gasteiger partial charge in [0.2, 0.25) is 0 Å². The molecule has 0 amide bonds. The first kappa shape index (κ1) is 11.3. The van der Waals surface area contributed by atoms with E-state index in [9.17, 15) is 8.78 Å². The molecule has 2 aromatic rings. The summed E-state index contributed by atoms with van der Waals surface area (Å²) < 4.78 is 26.6. The Balaban J connectivity index is 2.43. The van der Waals surface area contributed by atoms with E-state index in [4.69, 9.17) is 5.73 Å². The van der Waals surface area contributed by atoms with Crippen molar-refractivity contribution in [1.82, 2.24) is 0 Å². The molecule has 4 heteroatoms. The second-order valence-electron chi connectivity index (χ2n) is 3.43. The normalized spacial score (nSPS) is 11.5. The molecule has 86 valence electrons. The zero-order valence-electron chi connectivity index (χ0n) is 8.90. The quantitative estimate of drug-likeness (QED) is 0.627. The average Bonchev–Trinajstić information content (AvgIpc) is 2.35. The van der Waals surface area contributed by atoms with Crippen LogP contribution in [0.5, 0.6) is 0 Å². The van der Waals surface area contributed by atoms with E-state index in [0.717, 1.165) is 12.1 Å². The molecule has 0 atom stereocenters. The fourth-order valence-corrected chi connectivity index (χ4v) is 1.39. The van der Waals surface area contributed by atoms with Crippen molar-refractivity contribution in [2.45, 2.75) is 0 Å². The van der Waals surface area contributed by atoms with Gasteiger partial charge < -0.3 is 5.73 Å². The van der Waals surface area contributed by atoms with Crippen LogP contribution in [0.3, 0.4) is 0 Å². The van der Waals surface area contributed by atoms with Crippen molar-refractivity contribution in [1.29, 1.82) is 0 Å². The molecule has 17 heavy (non-hydrogen) atoms. The van der Waals surface area contributed by atoms with Gasteiger partial charge in [-0.2, -0.15) is 0 Å². The van der Waals surface area contributed by atoms with Crippen molar-refractivity contribution >= 4 is 11.5 Å². The van der Waals surface area contributed by atoms with Crippen molar-refractivity contribution in [2.24, 2.45) is 10.7 Å². The Bertz CT molecular complexity index is 530. The van der Waals surface area contributed by atoms with Crippen LogP contribution in [0.15, 0.2) is 53.5 Å². The third kappa shape index (κ3) is 2.47. The van der Waals surface area contributed by atoms with Gasteiger partial charge in [-0.25, -0.2) is 13.8 Å². The Hall–Kier alpha value is -2.23. The molecular formula is C13H10F2N2. The smallest absolute Gasteiger partial charge is 0.151 e. The lowest BCUT2D eigenvalue weighted by Crippen LogP contribution is -2.12. The van der Waals surface area contributed by atoms with E-state index in [1.54, 1.807) is 24.3 Å². The molecule has 2 nitrogen and oxygen atoms in total. The van der Waals surface area contributed by atoms with Gasteiger partial charge in [-0.1, -0.05) is 36.4 Å². The first-order valence-electron chi connectivity index (χ1n) is 5.02. The van der Waals surface area contributed by atoms with Gasteiger partial charge >= 0.3 is 0 Å². The highest BCUT2D eigenvalue weighted by molar-refractivity contribution is 5.99. The number of rotatable bonds is 2. The topological polar surface area (TPSA) is 38.4 Å². The number of benzene rings is 2. The molecule has 2 aromatic carbocycles. The van der Waals surface area contributed by atoms with Gasteiger partial charge in [-0.3, -0.25) is 0 Å². The van der Waals surface area contributed by atoms with Crippen LogP contribution in [0.1, 0.15) is 5.56 Å². The fraction of sp³-hybridized carbons (Fsp3) is 0. The second-order valence-corrected chi connectivity index (χ2v) is 3.43. The molecule has 0 aliphatic heterocycles. The number of para-hydroxylation sites is 1. The average molecular weight is 232 g/mol. The lowest BCUT2D eigenvalue weighted by atomic mass is 10.2. The van der Waals surface area contributed by atoms with E-state index in [1.165, 1.54) is 6.07 Å². The summed E-state index contributed by atoms with van der Waals surface area (Å²) in [6, 6.07) is 12.4. The van der Waals surface area contributed by atoms with Gasteiger partial charge in [0.05, 0.1) is 0 Å². The molecule has 0 bridgehead atoms. The minimum Gasteiger partial charge on any atom is -0.383 e. The molecule has 0 radical (unpaired) electrons. The van der Waals surface area contributed by atoms with E-state index in [2.05, 4.69) is 4.99 Å². The first-order chi connectivity index (χ1) is 8.18. The molecule has 0 aromatic heterocycles. The van der Waals surface area contributed by atoms with Crippen LogP contribution in [-0.2, 0) is 0 Å². The number of hydrogen-bond acceptors (Lipinski definition) is 1. The highest BCUT2D eigenvalue weighted by atomic mass is 19.1. The molecule has 0 spiro atoms. The summed E-state index contributed by atoms with van der Waals surface area (Å²) in [6.45, 7) is 0. The Morgan fingerprint density at radius 1 is 0.882 bits per heavy atom. The third-order valence-corrected chi connectivity index (χ3v) is 2.24. The van der Waals surface area contributed by atoms with E-state index in [0.29, 0.717) is 5.56 Å². The van der Waals surface area contributed by atoms with Gasteiger partial charge in [0.15, 0.2) is 11.6 Å². The summed E-state index contributed by atoms with van der Waals surface area (Å²) in [5, 5.41) is 0. The van der Waals surface area contributed by atoms with Crippen molar-refractivity contribution in [3.63, 3.8) is 0 Å². The summed E-state index contributed by atoms with van der Waals surface area (Å²) in [7, 11) is 0. The molecule has 2 rings (SSSR count). The Labute approximate surface area is 97.4 Å². The summed E-state index contributed by atoms with van der Waals surface area (Å²) in [5.74, 6) is -1.39. The SMILES string of the molecule is NC(=Nc1c(F)cccc1F)c1ccccc1. The number of aliphatic imine (C=N–C) groups is 1. The van der Waals surface area contributed by atoms with Crippen LogP contribution in [0.25, 0.3) is 0 Å². The van der Waals surface area contributed by atoms with Crippen LogP contribution < -0.4 is 5.73 Å². The first-order valence-corrected chi connectivity index (χ1v) is 5.02. The zero-order valence-corrected chi connectivity index (χ0v) is 8.90. The number of hydrogen-bond donors (Lipinski definition) is 1. The van der Waals surface area contributed by atoms with Gasteiger partial charge in [-0.05, 0) is 12.1 Å². The molecular weight excluding hydrogens is 222 g/mol. The van der Waals surface area contributed by atoms with Crippen LogP contribution in [0.4, 0.5) is 14.5 Å². The summed E-state index contributed by atoms with van der Waals surface area (Å²) in [6.07, 6.45) is 0. The standard InChI is InChI=1S/C13H10F2N2/c14-10-7-4-8-11(15)12(10)17-13(16)9-5-2-1-3-6-9/h1-8H,(H2,16,17). The fourth-order valence-electron chi connectivity index (χ4n) is 1.39. The third-order valence-electron chi connectivity index (χ3n) is 2.24. The molecule has 0 heterocycles. The maximum Gasteiger partial charge on any atom is 0.151 e. The molecule has 0 unspecified atom stereocenters. The van der Waals surface area contributed by atoms with Crippen molar-refractivity contribution in [3.05, 3.63) is 65.7 Å². The molecule has 0 aliphatic rings. The summed E-state index contributed by atoms with van der Waals surface area (Å²) in [5.41, 5.74) is 5.94. The lowest BCUT2D eigenvalue weighted by molar-refractivity contribution is 0.587. The Morgan fingerprint density at radius 3 is 2.06 bits per heavy atom. The predicted molar refractivity (Wildman–Crippen MR) is 63.2 cm³/mol. The second kappa shape index (κ2) is 4.74. The number of amidine groups is 1. The molecule has 0 saturated heterocycles. The number of nitrogens with zero attached hydrogens (tertiary/aromatic N) is 1. The summed E-state index contributed by atoms with van der Waals surface area (Å²) >= 11 is 0. The molecule has 0 aliphatic carbocycles. The van der Waals surface area contributed by atoms with Crippen LogP contribution in [0.2, 0.25) is 0 Å². The van der Waals surface area contributed by atoms with E-state index in [1.807, 2.05) is 6.07 Å². The van der Waals surface area contributed by atoms with E-state index >= 15 is 0 Å². The van der Waals surface area contributed by atoms with Crippen LogP contribution in [0, 0.1) is 11.6 Å². The van der Waals surface area contributed by atoms with Crippen molar-refractivity contribution in [3.8, 4) is 0 Å². The molecule has 0 fully saturated rings. The highest BCUT2D eigenvalue weighted by Gasteiger charge is 2.08. The maximum atomic E-state index is 13.3. The molecule has 0 saturated carbocycles. The Morgan fingerprint density at radius 2 is 1.47 bits per heavy atom. The minimum atomic E-state index is -0.733. The lowest BCUT2D eigenvalue weighted by Gasteiger charge is -2.02. The van der Waals surface area contributed by atoms with Gasteiger partial charge in [-0.15, -0.1) is 0 Å². The van der Waals surface area contributed by atoms with Gasteiger partial charge in [0.25, 0.3) is 0 Å². The van der Waals surface area contributed by atoms with Crippen molar-refractivity contribution in [2.75, 3.05) is 0 Å². The molecule has 2 N–H and O–H groups in total. The number of halogens is 2. The number of nitrogens with two attached hydrogens (primary N) is 1. The van der Waals surface area contributed by atoms with Crippen LogP contribution in [-0.4, -0.2) is 5.84 Å². The zero-order chi connectivity index (χ0) is 12.3. The predicted octanol–water partition coefficient (Wildman–Crippen LogP) is 3.00. The monoisotopic (exact) mass is 232 g/mol. The Kier molecular flexibility index (Phi) is 3.14. The largest absolute Gasteiger partial charge is 0.383 e. The highest BCUT2D eigenvalue weighted by Crippen LogP contribution is 2.21. The van der Waals surface area contributed by atoms with Gasteiger partial charge in [0.1, 0.15) is 11.5 Å². The minimum absolute atomic E-state index is 0.0783. The van der Waals surface area contributed by atoms with Crippen LogP contribution >= 0.6 is 0 Å². The summed E-state index contributed by atoms with van der Waals surface area (Å²) in [4.78, 5) is 3.77. The van der Waals surface area contributed by atoms with E-state index in [-0.39, 0.29) is 11.5 Å². The van der Waals surface area contributed by atoms with Crippen molar-refractivity contribution < 1.29 is 8.78 Å². The maximum absolute atomic E-state index is 13.3. The van der Waals surface area contributed by atoms with Gasteiger partial charge in [0, 0.05) is 5.56 Å².